The maximum Gasteiger partial charge on any atom is 0.0108 e. The van der Waals surface area contributed by atoms with Crippen LogP contribution in [0.25, 0.3) is 0 Å². The molecule has 2 saturated heterocycles. The molecule has 112 valence electrons. The molecule has 0 aromatic rings. The highest BCUT2D eigenvalue weighted by Crippen LogP contribution is 2.21. The second-order valence-electron chi connectivity index (χ2n) is 6.43. The zero-order valence-corrected chi connectivity index (χ0v) is 13.0. The van der Waals surface area contributed by atoms with E-state index in [4.69, 9.17) is 0 Å². The summed E-state index contributed by atoms with van der Waals surface area (Å²) in [5, 5.41) is 3.54. The Kier molecular flexibility index (Phi) is 6.62. The van der Waals surface area contributed by atoms with Gasteiger partial charge in [-0.15, -0.1) is 0 Å². The molecule has 1 N–H and O–H groups in total. The topological polar surface area (TPSA) is 18.5 Å². The summed E-state index contributed by atoms with van der Waals surface area (Å²) in [7, 11) is 2.39. The number of nitrogens with one attached hydrogen (secondary N) is 1. The van der Waals surface area contributed by atoms with E-state index in [-0.39, 0.29) is 0 Å². The molecule has 0 spiro atoms. The fourth-order valence-corrected chi connectivity index (χ4v) is 3.79. The van der Waals surface area contributed by atoms with Crippen molar-refractivity contribution in [1.82, 2.24) is 15.1 Å². The van der Waals surface area contributed by atoms with Crippen molar-refractivity contribution in [2.45, 2.75) is 64.0 Å². The Morgan fingerprint density at radius 2 is 1.79 bits per heavy atom. The van der Waals surface area contributed by atoms with Gasteiger partial charge in [-0.1, -0.05) is 6.92 Å². The standard InChI is InChI=1S/C16H33N3/c1-3-12-19-13-5-7-16(9-14-19)18(2)15-6-4-10-17-11-8-15/h15-17H,3-14H2,1-2H3. The van der Waals surface area contributed by atoms with Crippen LogP contribution in [0.4, 0.5) is 0 Å². The molecule has 0 aliphatic carbocycles. The lowest BCUT2D eigenvalue weighted by Crippen LogP contribution is -2.41. The average Bonchev–Trinajstić information content (AvgIpc) is 2.81. The maximum atomic E-state index is 3.54. The van der Waals surface area contributed by atoms with Gasteiger partial charge >= 0.3 is 0 Å². The highest BCUT2D eigenvalue weighted by Gasteiger charge is 2.25. The average molecular weight is 267 g/mol. The van der Waals surface area contributed by atoms with Gasteiger partial charge in [0.05, 0.1) is 0 Å². The lowest BCUT2D eigenvalue weighted by Gasteiger charge is -2.34. The summed E-state index contributed by atoms with van der Waals surface area (Å²) >= 11 is 0. The minimum atomic E-state index is 0.817. The molecule has 2 heterocycles. The summed E-state index contributed by atoms with van der Waals surface area (Å²) in [6.07, 6.45) is 9.55. The molecule has 2 unspecified atom stereocenters. The molecule has 3 heteroatoms. The Hall–Kier alpha value is -0.120. The number of rotatable bonds is 4. The summed E-state index contributed by atoms with van der Waals surface area (Å²) in [6.45, 7) is 8.66. The van der Waals surface area contributed by atoms with E-state index in [1.54, 1.807) is 0 Å². The van der Waals surface area contributed by atoms with Gasteiger partial charge in [0.15, 0.2) is 0 Å². The Labute approximate surface area is 119 Å². The molecule has 0 amide bonds. The van der Waals surface area contributed by atoms with Crippen molar-refractivity contribution >= 4 is 0 Å². The first-order chi connectivity index (χ1) is 9.31. The van der Waals surface area contributed by atoms with E-state index in [0.717, 1.165) is 12.1 Å². The normalized spacial score (nSPS) is 31.1. The number of nitrogens with zero attached hydrogens (tertiary/aromatic N) is 2. The molecule has 0 saturated carbocycles. The molecule has 19 heavy (non-hydrogen) atoms. The van der Waals surface area contributed by atoms with Crippen LogP contribution in [-0.4, -0.2) is 61.7 Å². The van der Waals surface area contributed by atoms with Crippen LogP contribution in [0.2, 0.25) is 0 Å². The minimum absolute atomic E-state index is 0.817. The Bertz CT molecular complexity index is 236. The number of hydrogen-bond acceptors (Lipinski definition) is 3. The zero-order valence-electron chi connectivity index (χ0n) is 13.0. The molecule has 2 aliphatic heterocycles. The van der Waals surface area contributed by atoms with Crippen LogP contribution < -0.4 is 5.32 Å². The van der Waals surface area contributed by atoms with Gasteiger partial charge in [0.2, 0.25) is 0 Å². The van der Waals surface area contributed by atoms with Crippen LogP contribution in [0.5, 0.6) is 0 Å². The molecule has 2 fully saturated rings. The minimum Gasteiger partial charge on any atom is -0.317 e. The monoisotopic (exact) mass is 267 g/mol. The van der Waals surface area contributed by atoms with Gasteiger partial charge < -0.3 is 15.1 Å². The lowest BCUT2D eigenvalue weighted by molar-refractivity contribution is 0.145. The first kappa shape index (κ1) is 15.3. The van der Waals surface area contributed by atoms with E-state index in [0.29, 0.717) is 0 Å². The van der Waals surface area contributed by atoms with E-state index < -0.39 is 0 Å². The van der Waals surface area contributed by atoms with Crippen LogP contribution in [0.15, 0.2) is 0 Å². The highest BCUT2D eigenvalue weighted by atomic mass is 15.2. The predicted octanol–water partition coefficient (Wildman–Crippen LogP) is 2.32. The highest BCUT2D eigenvalue weighted by molar-refractivity contribution is 4.82. The molecule has 2 atom stereocenters. The largest absolute Gasteiger partial charge is 0.317 e. The van der Waals surface area contributed by atoms with Crippen LogP contribution in [-0.2, 0) is 0 Å². The second kappa shape index (κ2) is 8.23. The van der Waals surface area contributed by atoms with E-state index in [2.05, 4.69) is 29.1 Å². The van der Waals surface area contributed by atoms with Crippen molar-refractivity contribution in [2.75, 3.05) is 39.8 Å². The number of likely N-dealkylation sites (tertiary alicyclic amines) is 1. The smallest absolute Gasteiger partial charge is 0.0108 e. The summed E-state index contributed by atoms with van der Waals surface area (Å²) in [6, 6.07) is 1.64. The van der Waals surface area contributed by atoms with E-state index in [1.807, 2.05) is 0 Å². The molecule has 0 bridgehead atoms. The molecule has 3 nitrogen and oxygen atoms in total. The quantitative estimate of drug-likeness (QED) is 0.843. The van der Waals surface area contributed by atoms with Gasteiger partial charge in [-0.3, -0.25) is 0 Å². The molecule has 2 aliphatic rings. The van der Waals surface area contributed by atoms with Crippen LogP contribution in [0, 0.1) is 0 Å². The van der Waals surface area contributed by atoms with Gasteiger partial charge in [0, 0.05) is 12.1 Å². The van der Waals surface area contributed by atoms with Gasteiger partial charge in [0.25, 0.3) is 0 Å². The van der Waals surface area contributed by atoms with Crippen molar-refractivity contribution in [2.24, 2.45) is 0 Å². The van der Waals surface area contributed by atoms with Crippen LogP contribution >= 0.6 is 0 Å². The van der Waals surface area contributed by atoms with Gasteiger partial charge in [-0.25, -0.2) is 0 Å². The van der Waals surface area contributed by atoms with E-state index in [1.165, 1.54) is 77.7 Å². The molecule has 0 aromatic carbocycles. The molecule has 0 aromatic heterocycles. The second-order valence-corrected chi connectivity index (χ2v) is 6.43. The van der Waals surface area contributed by atoms with Crippen molar-refractivity contribution in [3.8, 4) is 0 Å². The lowest BCUT2D eigenvalue weighted by atomic mass is 10.0. The van der Waals surface area contributed by atoms with Crippen molar-refractivity contribution in [3.05, 3.63) is 0 Å². The Balaban J connectivity index is 1.82. The predicted molar refractivity (Wildman–Crippen MR) is 82.6 cm³/mol. The summed E-state index contributed by atoms with van der Waals surface area (Å²) in [5.74, 6) is 0. The first-order valence-corrected chi connectivity index (χ1v) is 8.46. The van der Waals surface area contributed by atoms with Crippen molar-refractivity contribution < 1.29 is 0 Å². The molecular weight excluding hydrogens is 234 g/mol. The fraction of sp³-hybridized carbons (Fsp3) is 1.00. The third kappa shape index (κ3) is 4.73. The fourth-order valence-electron chi connectivity index (χ4n) is 3.79. The van der Waals surface area contributed by atoms with Crippen molar-refractivity contribution in [3.63, 3.8) is 0 Å². The van der Waals surface area contributed by atoms with E-state index in [9.17, 15) is 0 Å². The van der Waals surface area contributed by atoms with Crippen LogP contribution in [0.3, 0.4) is 0 Å². The maximum absolute atomic E-state index is 3.54. The summed E-state index contributed by atoms with van der Waals surface area (Å²) < 4.78 is 0. The van der Waals surface area contributed by atoms with Crippen molar-refractivity contribution in [1.29, 1.82) is 0 Å². The third-order valence-electron chi connectivity index (χ3n) is 5.03. The molecule has 0 radical (unpaired) electrons. The summed E-state index contributed by atoms with van der Waals surface area (Å²) in [5.41, 5.74) is 0. The Morgan fingerprint density at radius 1 is 1.00 bits per heavy atom. The molecule has 2 rings (SSSR count). The first-order valence-electron chi connectivity index (χ1n) is 8.46. The molecular formula is C16H33N3. The van der Waals surface area contributed by atoms with E-state index >= 15 is 0 Å². The van der Waals surface area contributed by atoms with Gasteiger partial charge in [0.1, 0.15) is 0 Å². The van der Waals surface area contributed by atoms with Crippen LogP contribution in [0.1, 0.15) is 51.9 Å². The van der Waals surface area contributed by atoms with Gasteiger partial charge in [-0.2, -0.15) is 0 Å². The summed E-state index contributed by atoms with van der Waals surface area (Å²) in [4.78, 5) is 5.39. The van der Waals surface area contributed by atoms with Gasteiger partial charge in [-0.05, 0) is 84.7 Å². The SMILES string of the molecule is CCCN1CCCC(N(C)C2CCCNCC2)CC1. The number of hydrogen-bond donors (Lipinski definition) is 1. The zero-order chi connectivity index (χ0) is 13.5. The Morgan fingerprint density at radius 3 is 2.63 bits per heavy atom. The third-order valence-corrected chi connectivity index (χ3v) is 5.03.